The van der Waals surface area contributed by atoms with Crippen LogP contribution in [0.15, 0.2) is 0 Å². The highest BCUT2D eigenvalue weighted by atomic mass is 35.5. The van der Waals surface area contributed by atoms with Crippen LogP contribution in [0.25, 0.3) is 0 Å². The van der Waals surface area contributed by atoms with Gasteiger partial charge in [0.1, 0.15) is 0 Å². The first-order chi connectivity index (χ1) is 10.9. The number of piperidine rings is 1. The number of sulfonamides is 1. The van der Waals surface area contributed by atoms with Gasteiger partial charge in [-0.2, -0.15) is 0 Å². The van der Waals surface area contributed by atoms with Gasteiger partial charge in [0.05, 0.1) is 5.75 Å². The summed E-state index contributed by atoms with van der Waals surface area (Å²) >= 11 is 0. The third-order valence-electron chi connectivity index (χ3n) is 5.09. The van der Waals surface area contributed by atoms with Gasteiger partial charge in [0.25, 0.3) is 0 Å². The number of rotatable bonds is 6. The summed E-state index contributed by atoms with van der Waals surface area (Å²) in [6.45, 7) is 2.93. The minimum atomic E-state index is -3.14. The van der Waals surface area contributed by atoms with Crippen molar-refractivity contribution < 1.29 is 13.2 Å². The number of halogens is 1. The fraction of sp³-hybridized carbons (Fsp3) is 0.938. The molecule has 1 saturated carbocycles. The van der Waals surface area contributed by atoms with Gasteiger partial charge in [0.2, 0.25) is 15.9 Å². The highest BCUT2D eigenvalue weighted by Crippen LogP contribution is 2.22. The van der Waals surface area contributed by atoms with E-state index in [9.17, 15) is 13.2 Å². The van der Waals surface area contributed by atoms with Crippen molar-refractivity contribution in [2.75, 3.05) is 18.8 Å². The second-order valence-corrected chi connectivity index (χ2v) is 9.05. The van der Waals surface area contributed by atoms with Crippen molar-refractivity contribution in [3.8, 4) is 0 Å². The molecule has 1 saturated heterocycles. The lowest BCUT2D eigenvalue weighted by Crippen LogP contribution is -2.47. The zero-order chi connectivity index (χ0) is 16.9. The molecule has 142 valence electrons. The molecular weight excluding hydrogens is 350 g/mol. The number of nitrogens with two attached hydrogens (primary N) is 1. The zero-order valence-corrected chi connectivity index (χ0v) is 16.2. The smallest absolute Gasteiger partial charge is 0.223 e. The molecule has 1 amide bonds. The quantitative estimate of drug-likeness (QED) is 0.731. The molecule has 24 heavy (non-hydrogen) atoms. The largest absolute Gasteiger partial charge is 0.353 e. The van der Waals surface area contributed by atoms with Crippen LogP contribution in [0.5, 0.6) is 0 Å². The van der Waals surface area contributed by atoms with E-state index in [4.69, 9.17) is 5.73 Å². The molecule has 0 aromatic carbocycles. The van der Waals surface area contributed by atoms with Crippen molar-refractivity contribution in [3.63, 3.8) is 0 Å². The van der Waals surface area contributed by atoms with Crippen LogP contribution in [0.4, 0.5) is 0 Å². The maximum absolute atomic E-state index is 12.4. The highest BCUT2D eigenvalue weighted by molar-refractivity contribution is 7.89. The van der Waals surface area contributed by atoms with E-state index in [1.165, 1.54) is 0 Å². The van der Waals surface area contributed by atoms with Gasteiger partial charge in [-0.3, -0.25) is 4.79 Å². The third-order valence-corrected chi connectivity index (χ3v) is 7.05. The summed E-state index contributed by atoms with van der Waals surface area (Å²) in [5.74, 6) is 0.266. The number of hydrogen-bond donors (Lipinski definition) is 2. The first-order valence-electron chi connectivity index (χ1n) is 8.96. The lowest BCUT2D eigenvalue weighted by molar-refractivity contribution is -0.127. The molecule has 0 radical (unpaired) electrons. The van der Waals surface area contributed by atoms with E-state index in [1.54, 1.807) is 4.31 Å². The van der Waals surface area contributed by atoms with Gasteiger partial charge in [-0.25, -0.2) is 12.7 Å². The van der Waals surface area contributed by atoms with E-state index < -0.39 is 10.0 Å². The molecule has 1 heterocycles. The molecular formula is C16H32ClN3O3S. The van der Waals surface area contributed by atoms with Crippen LogP contribution >= 0.6 is 12.4 Å². The summed E-state index contributed by atoms with van der Waals surface area (Å²) in [5, 5.41) is 3.13. The van der Waals surface area contributed by atoms with Crippen molar-refractivity contribution in [2.24, 2.45) is 11.7 Å². The first kappa shape index (κ1) is 21.7. The Morgan fingerprint density at radius 1 is 1.12 bits per heavy atom. The second-order valence-electron chi connectivity index (χ2n) is 6.96. The molecule has 0 bridgehead atoms. The minimum absolute atomic E-state index is 0. The van der Waals surface area contributed by atoms with E-state index in [2.05, 4.69) is 5.32 Å². The van der Waals surface area contributed by atoms with E-state index in [1.807, 2.05) is 6.92 Å². The summed E-state index contributed by atoms with van der Waals surface area (Å²) in [7, 11) is -3.14. The van der Waals surface area contributed by atoms with Crippen LogP contribution in [0, 0.1) is 5.92 Å². The van der Waals surface area contributed by atoms with Gasteiger partial charge in [-0.1, -0.05) is 13.3 Å². The second kappa shape index (κ2) is 9.94. The predicted molar refractivity (Wildman–Crippen MR) is 98.6 cm³/mol. The molecule has 8 heteroatoms. The predicted octanol–water partition coefficient (Wildman–Crippen LogP) is 1.64. The van der Waals surface area contributed by atoms with Crippen LogP contribution < -0.4 is 11.1 Å². The third kappa shape index (κ3) is 6.17. The van der Waals surface area contributed by atoms with Crippen LogP contribution in [0.2, 0.25) is 0 Å². The van der Waals surface area contributed by atoms with Crippen molar-refractivity contribution in [1.29, 1.82) is 0 Å². The Bertz CT molecular complexity index is 485. The van der Waals surface area contributed by atoms with Crippen molar-refractivity contribution >= 4 is 28.3 Å². The molecule has 0 atom stereocenters. The maximum Gasteiger partial charge on any atom is 0.223 e. The Morgan fingerprint density at radius 3 is 2.25 bits per heavy atom. The lowest BCUT2D eigenvalue weighted by Gasteiger charge is -2.32. The summed E-state index contributed by atoms with van der Waals surface area (Å²) in [6.07, 6.45) is 6.69. The molecule has 6 nitrogen and oxygen atoms in total. The Morgan fingerprint density at radius 2 is 1.71 bits per heavy atom. The van der Waals surface area contributed by atoms with Gasteiger partial charge in [-0.15, -0.1) is 12.4 Å². The molecule has 0 aromatic rings. The number of carbonyl (C=O) groups is 1. The number of hydrogen-bond acceptors (Lipinski definition) is 4. The van der Waals surface area contributed by atoms with Gasteiger partial charge in [0.15, 0.2) is 0 Å². The van der Waals surface area contributed by atoms with Crippen molar-refractivity contribution in [2.45, 2.75) is 70.4 Å². The molecule has 0 aromatic heterocycles. The fourth-order valence-corrected chi connectivity index (χ4v) is 5.11. The van der Waals surface area contributed by atoms with E-state index in [0.717, 1.165) is 32.1 Å². The Balaban J connectivity index is 0.00000288. The minimum Gasteiger partial charge on any atom is -0.353 e. The van der Waals surface area contributed by atoms with Crippen LogP contribution in [-0.2, 0) is 14.8 Å². The van der Waals surface area contributed by atoms with Crippen molar-refractivity contribution in [1.82, 2.24) is 9.62 Å². The van der Waals surface area contributed by atoms with Gasteiger partial charge >= 0.3 is 0 Å². The molecule has 0 spiro atoms. The summed E-state index contributed by atoms with van der Waals surface area (Å²) < 4.78 is 25.9. The molecule has 2 aliphatic rings. The number of nitrogens with one attached hydrogen (secondary N) is 1. The standard InChI is InChI=1S/C16H31N3O3S.ClH/c1-2-3-12-23(21,22)19-10-8-13(9-11-19)16(20)18-15-6-4-14(17)5-7-15;/h13-15H,2-12,17H2,1H3,(H,18,20);1H. The van der Waals surface area contributed by atoms with Gasteiger partial charge in [-0.05, 0) is 44.9 Å². The number of nitrogens with zero attached hydrogens (tertiary/aromatic N) is 1. The van der Waals surface area contributed by atoms with Crippen molar-refractivity contribution in [3.05, 3.63) is 0 Å². The van der Waals surface area contributed by atoms with Gasteiger partial charge in [0, 0.05) is 31.1 Å². The summed E-state index contributed by atoms with van der Waals surface area (Å²) in [6, 6.07) is 0.522. The molecule has 1 aliphatic heterocycles. The van der Waals surface area contributed by atoms with E-state index in [0.29, 0.717) is 32.4 Å². The number of amides is 1. The van der Waals surface area contributed by atoms with E-state index >= 15 is 0 Å². The maximum atomic E-state index is 12.4. The fourth-order valence-electron chi connectivity index (χ4n) is 3.43. The SMILES string of the molecule is CCCCS(=O)(=O)N1CCC(C(=O)NC2CCC(N)CC2)CC1.Cl. The first-order valence-corrected chi connectivity index (χ1v) is 10.6. The average Bonchev–Trinajstić information content (AvgIpc) is 2.55. The number of unbranched alkanes of at least 4 members (excludes halogenated alkanes) is 1. The Hall–Kier alpha value is -0.370. The monoisotopic (exact) mass is 381 g/mol. The molecule has 2 fully saturated rings. The van der Waals surface area contributed by atoms with Gasteiger partial charge < -0.3 is 11.1 Å². The topological polar surface area (TPSA) is 92.5 Å². The van der Waals surface area contributed by atoms with Crippen LogP contribution in [0.3, 0.4) is 0 Å². The lowest BCUT2D eigenvalue weighted by atomic mass is 9.90. The van der Waals surface area contributed by atoms with Crippen LogP contribution in [0.1, 0.15) is 58.3 Å². The summed E-state index contributed by atoms with van der Waals surface area (Å²) in [5.41, 5.74) is 5.89. The zero-order valence-electron chi connectivity index (χ0n) is 14.6. The normalized spacial score (nSPS) is 26.6. The molecule has 3 N–H and O–H groups in total. The molecule has 0 unspecified atom stereocenters. The average molecular weight is 382 g/mol. The molecule has 2 rings (SSSR count). The van der Waals surface area contributed by atoms with E-state index in [-0.39, 0.29) is 42.1 Å². The number of carbonyl (C=O) groups excluding carboxylic acids is 1. The Kier molecular flexibility index (Phi) is 8.98. The highest BCUT2D eigenvalue weighted by Gasteiger charge is 2.31. The molecule has 1 aliphatic carbocycles. The summed E-state index contributed by atoms with van der Waals surface area (Å²) in [4.78, 5) is 12.4. The Labute approximate surface area is 152 Å². The van der Waals surface area contributed by atoms with Crippen LogP contribution in [-0.4, -0.2) is 49.6 Å².